The molecule has 1 atom stereocenters. The lowest BCUT2D eigenvalue weighted by Crippen LogP contribution is -2.41. The zero-order valence-corrected chi connectivity index (χ0v) is 25.8. The number of methoxy groups -OCH3 is 1. The Morgan fingerprint density at radius 2 is 1.95 bits per heavy atom. The summed E-state index contributed by atoms with van der Waals surface area (Å²) in [5.74, 6) is -0.181. The van der Waals surface area contributed by atoms with Gasteiger partial charge < -0.3 is 23.5 Å². The second-order valence-electron chi connectivity index (χ2n) is 9.87. The number of carbonyl (C=O) groups excluding carboxylic acids is 1. The van der Waals surface area contributed by atoms with Crippen molar-refractivity contribution in [3.05, 3.63) is 89.2 Å². The number of morpholine rings is 1. The summed E-state index contributed by atoms with van der Waals surface area (Å²) in [5, 5.41) is 1.18. The highest BCUT2D eigenvalue weighted by molar-refractivity contribution is 9.10. The van der Waals surface area contributed by atoms with Crippen LogP contribution in [-0.4, -0.2) is 56.7 Å². The summed E-state index contributed by atoms with van der Waals surface area (Å²) in [5.41, 5.74) is -2.69. The van der Waals surface area contributed by atoms with Crippen LogP contribution in [0.2, 0.25) is 0 Å². The molecule has 0 amide bonds. The predicted molar refractivity (Wildman–Crippen MR) is 161 cm³/mol. The molecule has 4 heterocycles. The fraction of sp³-hybridized carbons (Fsp3) is 0.300. The number of halogens is 4. The maximum absolute atomic E-state index is 14.6. The van der Waals surface area contributed by atoms with Gasteiger partial charge in [0.05, 0.1) is 41.5 Å². The number of alkyl halides is 3. The fourth-order valence-corrected chi connectivity index (χ4v) is 6.95. The number of hydrogen-bond donors (Lipinski definition) is 0. The van der Waals surface area contributed by atoms with E-state index >= 15 is 0 Å². The number of ether oxygens (including phenoxy) is 3. The summed E-state index contributed by atoms with van der Waals surface area (Å²) >= 11 is 4.26. The zero-order valence-electron chi connectivity index (χ0n) is 23.4. The summed E-state index contributed by atoms with van der Waals surface area (Å²) in [7, 11) is 1.37. The van der Waals surface area contributed by atoms with E-state index in [9.17, 15) is 22.8 Å². The quantitative estimate of drug-likeness (QED) is 0.271. The van der Waals surface area contributed by atoms with Crippen molar-refractivity contribution in [1.29, 1.82) is 0 Å². The molecule has 230 valence electrons. The molecule has 0 bridgehead atoms. The highest BCUT2D eigenvalue weighted by atomic mass is 79.9. The Morgan fingerprint density at radius 1 is 1.20 bits per heavy atom. The molecule has 0 unspecified atom stereocenters. The number of aromatic nitrogens is 1. The SMILES string of the molecule is CCOC(=O)C1=C(C(F)(F)F)N=c2s/c(=C/c3cc(Br)c(N4CCOCC4)o3)c(=O)n2[C@H]1c1c(OC)ccc2ccccc12. The van der Waals surface area contributed by atoms with Gasteiger partial charge in [-0.05, 0) is 39.7 Å². The zero-order chi connectivity index (χ0) is 31.2. The van der Waals surface area contributed by atoms with Gasteiger partial charge in [0.2, 0.25) is 5.88 Å². The number of thiazole rings is 1. The molecule has 2 aromatic heterocycles. The first-order valence-electron chi connectivity index (χ1n) is 13.6. The summed E-state index contributed by atoms with van der Waals surface area (Å²) in [6.07, 6.45) is -3.58. The molecule has 0 aliphatic carbocycles. The molecule has 2 aliphatic heterocycles. The molecule has 1 saturated heterocycles. The first-order chi connectivity index (χ1) is 21.1. The number of hydrogen-bond acceptors (Lipinski definition) is 9. The number of rotatable bonds is 6. The summed E-state index contributed by atoms with van der Waals surface area (Å²) in [6, 6.07) is 10.4. The van der Waals surface area contributed by atoms with E-state index in [2.05, 4.69) is 20.9 Å². The van der Waals surface area contributed by atoms with Crippen LogP contribution in [0.5, 0.6) is 5.75 Å². The number of furan rings is 1. The molecule has 6 rings (SSSR count). The number of allylic oxidation sites excluding steroid dienone is 1. The normalized spacial score (nSPS) is 17.5. The van der Waals surface area contributed by atoms with Gasteiger partial charge in [0, 0.05) is 30.8 Å². The van der Waals surface area contributed by atoms with Crippen LogP contribution in [-0.2, 0) is 14.3 Å². The van der Waals surface area contributed by atoms with Gasteiger partial charge in [-0.1, -0.05) is 41.7 Å². The van der Waals surface area contributed by atoms with Crippen LogP contribution in [0.25, 0.3) is 16.8 Å². The van der Waals surface area contributed by atoms with E-state index < -0.39 is 35.0 Å². The molecule has 4 aromatic rings. The second-order valence-corrected chi connectivity index (χ2v) is 11.7. The monoisotopic (exact) mass is 691 g/mol. The molecule has 1 fully saturated rings. The van der Waals surface area contributed by atoms with Crippen molar-refractivity contribution < 1.29 is 36.6 Å². The third-order valence-electron chi connectivity index (χ3n) is 7.28. The molecule has 9 nitrogen and oxygen atoms in total. The molecule has 44 heavy (non-hydrogen) atoms. The van der Waals surface area contributed by atoms with Crippen LogP contribution in [0, 0.1) is 0 Å². The standard InChI is InChI=1S/C30H25BrF3N3O6S/c1-3-42-28(39)23-24(22-18-7-5-4-6-16(18)8-9-20(22)40-2)37-26(38)21(44-29(37)35-25(23)30(32,33)34)15-17-14-19(31)27(43-17)36-10-12-41-13-11-36/h4-9,14-15,24H,3,10-13H2,1-2H3/b21-15+/t24-/m0/s1. The van der Waals surface area contributed by atoms with Crippen molar-refractivity contribution in [3.63, 3.8) is 0 Å². The molecule has 0 radical (unpaired) electrons. The molecular formula is C30H25BrF3N3O6S. The van der Waals surface area contributed by atoms with Gasteiger partial charge in [-0.25, -0.2) is 9.79 Å². The lowest BCUT2D eigenvalue weighted by Gasteiger charge is -2.28. The Bertz CT molecular complexity index is 1970. The highest BCUT2D eigenvalue weighted by Gasteiger charge is 2.46. The fourth-order valence-electron chi connectivity index (χ4n) is 5.41. The molecule has 2 aliphatic rings. The molecule has 14 heteroatoms. The predicted octanol–water partition coefficient (Wildman–Crippen LogP) is 4.69. The van der Waals surface area contributed by atoms with Gasteiger partial charge in [0.1, 0.15) is 17.6 Å². The lowest BCUT2D eigenvalue weighted by molar-refractivity contribution is -0.140. The average Bonchev–Trinajstić information content (AvgIpc) is 3.53. The van der Waals surface area contributed by atoms with Gasteiger partial charge in [0.15, 0.2) is 10.5 Å². The van der Waals surface area contributed by atoms with Crippen LogP contribution in [0.15, 0.2) is 72.4 Å². The maximum atomic E-state index is 14.6. The topological polar surface area (TPSA) is 95.5 Å². The molecule has 2 aromatic carbocycles. The molecule has 0 N–H and O–H groups in total. The first kappa shape index (κ1) is 30.2. The number of nitrogens with zero attached hydrogens (tertiary/aromatic N) is 3. The van der Waals surface area contributed by atoms with E-state index in [0.29, 0.717) is 53.2 Å². The summed E-state index contributed by atoms with van der Waals surface area (Å²) < 4.78 is 67.9. The smallest absolute Gasteiger partial charge is 0.434 e. The van der Waals surface area contributed by atoms with Crippen molar-refractivity contribution in [2.75, 3.05) is 44.9 Å². The third kappa shape index (κ3) is 5.35. The van der Waals surface area contributed by atoms with Crippen LogP contribution in [0.1, 0.15) is 24.3 Å². The Kier molecular flexibility index (Phi) is 8.16. The van der Waals surface area contributed by atoms with Gasteiger partial charge >= 0.3 is 12.1 Å². The summed E-state index contributed by atoms with van der Waals surface area (Å²) in [4.78, 5) is 33.1. The van der Waals surface area contributed by atoms with E-state index in [1.807, 2.05) is 4.90 Å². The number of benzene rings is 2. The van der Waals surface area contributed by atoms with E-state index in [1.54, 1.807) is 42.5 Å². The van der Waals surface area contributed by atoms with Gasteiger partial charge in [-0.3, -0.25) is 9.36 Å². The van der Waals surface area contributed by atoms with E-state index in [4.69, 9.17) is 18.6 Å². The molecule has 0 saturated carbocycles. The minimum Gasteiger partial charge on any atom is -0.496 e. The van der Waals surface area contributed by atoms with Crippen LogP contribution in [0.4, 0.5) is 19.1 Å². The minimum atomic E-state index is -5.04. The van der Waals surface area contributed by atoms with Gasteiger partial charge in [0.25, 0.3) is 5.56 Å². The summed E-state index contributed by atoms with van der Waals surface area (Å²) in [6.45, 7) is 3.58. The Morgan fingerprint density at radius 3 is 2.66 bits per heavy atom. The number of carbonyl (C=O) groups is 1. The van der Waals surface area contributed by atoms with Crippen molar-refractivity contribution in [2.24, 2.45) is 4.99 Å². The first-order valence-corrected chi connectivity index (χ1v) is 15.2. The van der Waals surface area contributed by atoms with E-state index in [1.165, 1.54) is 20.1 Å². The second kappa shape index (κ2) is 11.9. The van der Waals surface area contributed by atoms with Crippen molar-refractivity contribution >= 4 is 56.0 Å². The number of esters is 1. The largest absolute Gasteiger partial charge is 0.496 e. The highest BCUT2D eigenvalue weighted by Crippen LogP contribution is 2.43. The molecule has 0 spiro atoms. The Hall–Kier alpha value is -3.88. The number of anilines is 1. The lowest BCUT2D eigenvalue weighted by atomic mass is 9.90. The Labute approximate surface area is 260 Å². The maximum Gasteiger partial charge on any atom is 0.434 e. The van der Waals surface area contributed by atoms with Crippen molar-refractivity contribution in [3.8, 4) is 5.75 Å². The van der Waals surface area contributed by atoms with E-state index in [-0.39, 0.29) is 27.3 Å². The van der Waals surface area contributed by atoms with Crippen molar-refractivity contribution in [2.45, 2.75) is 19.1 Å². The Balaban J connectivity index is 1.63. The number of fused-ring (bicyclic) bond motifs is 2. The third-order valence-corrected chi connectivity index (χ3v) is 8.83. The van der Waals surface area contributed by atoms with Gasteiger partial charge in [-0.2, -0.15) is 13.2 Å². The van der Waals surface area contributed by atoms with Crippen LogP contribution >= 0.6 is 27.3 Å². The molecular weight excluding hydrogens is 667 g/mol. The van der Waals surface area contributed by atoms with Gasteiger partial charge in [-0.15, -0.1) is 0 Å². The van der Waals surface area contributed by atoms with Crippen LogP contribution in [0.3, 0.4) is 0 Å². The van der Waals surface area contributed by atoms with Crippen LogP contribution < -0.4 is 24.5 Å². The van der Waals surface area contributed by atoms with E-state index in [0.717, 1.165) is 15.9 Å². The van der Waals surface area contributed by atoms with Crippen molar-refractivity contribution in [1.82, 2.24) is 4.57 Å². The average molecular weight is 693 g/mol. The minimum absolute atomic E-state index is 0.0642.